The van der Waals surface area contributed by atoms with E-state index in [1.165, 1.54) is 11.3 Å². The molecule has 2 aromatic carbocycles. The molecule has 2 amide bonds. The van der Waals surface area contributed by atoms with Gasteiger partial charge in [-0.15, -0.1) is 16.4 Å². The van der Waals surface area contributed by atoms with E-state index in [0.29, 0.717) is 5.82 Å². The minimum atomic E-state index is -0.584. The standard InChI is InChI=1S/C21H17N5O2S/c27-18(14-15-8-3-1-4-9-15)23-24-21(28)19-22-20(17-12-7-13-29-17)26(25-19)16-10-5-2-6-11-16/h1-13H,14H2,(H,23,27)(H,24,28). The normalized spacial score (nSPS) is 10.5. The lowest BCUT2D eigenvalue weighted by molar-refractivity contribution is -0.121. The Labute approximate surface area is 171 Å². The molecule has 0 spiro atoms. The molecule has 4 rings (SSSR count). The predicted molar refractivity (Wildman–Crippen MR) is 110 cm³/mol. The van der Waals surface area contributed by atoms with Crippen LogP contribution < -0.4 is 10.9 Å². The first kappa shape index (κ1) is 18.6. The van der Waals surface area contributed by atoms with Crippen molar-refractivity contribution in [3.05, 3.63) is 89.6 Å². The van der Waals surface area contributed by atoms with Gasteiger partial charge in [-0.25, -0.2) is 9.67 Å². The van der Waals surface area contributed by atoms with E-state index >= 15 is 0 Å². The van der Waals surface area contributed by atoms with E-state index in [4.69, 9.17) is 0 Å². The van der Waals surface area contributed by atoms with Gasteiger partial charge in [-0.2, -0.15) is 0 Å². The van der Waals surface area contributed by atoms with Crippen molar-refractivity contribution >= 4 is 23.2 Å². The van der Waals surface area contributed by atoms with Crippen LogP contribution in [0.25, 0.3) is 16.4 Å². The molecule has 0 aliphatic rings. The Bertz CT molecular complexity index is 1110. The highest BCUT2D eigenvalue weighted by molar-refractivity contribution is 7.13. The molecule has 2 aromatic heterocycles. The number of nitrogens with one attached hydrogen (secondary N) is 2. The summed E-state index contributed by atoms with van der Waals surface area (Å²) in [6.45, 7) is 0. The Morgan fingerprint density at radius 1 is 0.897 bits per heavy atom. The highest BCUT2D eigenvalue weighted by atomic mass is 32.1. The molecule has 29 heavy (non-hydrogen) atoms. The molecule has 0 aliphatic carbocycles. The molecule has 0 bridgehead atoms. The van der Waals surface area contributed by atoms with Gasteiger partial charge in [0.2, 0.25) is 11.7 Å². The number of benzene rings is 2. The minimum absolute atomic E-state index is 0.0303. The highest BCUT2D eigenvalue weighted by Gasteiger charge is 2.19. The number of carbonyl (C=O) groups is 2. The first-order chi connectivity index (χ1) is 14.2. The van der Waals surface area contributed by atoms with Crippen LogP contribution in [0.1, 0.15) is 16.2 Å². The zero-order chi connectivity index (χ0) is 20.1. The van der Waals surface area contributed by atoms with Crippen molar-refractivity contribution in [1.29, 1.82) is 0 Å². The largest absolute Gasteiger partial charge is 0.309 e. The average molecular weight is 403 g/mol. The van der Waals surface area contributed by atoms with Crippen LogP contribution in [-0.2, 0) is 11.2 Å². The zero-order valence-electron chi connectivity index (χ0n) is 15.3. The minimum Gasteiger partial charge on any atom is -0.273 e. The van der Waals surface area contributed by atoms with Crippen molar-refractivity contribution in [2.45, 2.75) is 6.42 Å². The van der Waals surface area contributed by atoms with E-state index in [0.717, 1.165) is 16.1 Å². The molecular formula is C21H17N5O2S. The molecule has 144 valence electrons. The SMILES string of the molecule is O=C(Cc1ccccc1)NNC(=O)c1nc(-c2cccs2)n(-c2ccccc2)n1. The van der Waals surface area contributed by atoms with Gasteiger partial charge < -0.3 is 0 Å². The Hall–Kier alpha value is -3.78. The van der Waals surface area contributed by atoms with E-state index in [1.54, 1.807) is 4.68 Å². The van der Waals surface area contributed by atoms with Crippen LogP contribution in [-0.4, -0.2) is 26.6 Å². The molecular weight excluding hydrogens is 386 g/mol. The number of aromatic nitrogens is 3. The Kier molecular flexibility index (Phi) is 5.44. The van der Waals surface area contributed by atoms with Gasteiger partial charge in [-0.3, -0.25) is 20.4 Å². The van der Waals surface area contributed by atoms with Crippen LogP contribution >= 0.6 is 11.3 Å². The van der Waals surface area contributed by atoms with Crippen molar-refractivity contribution in [1.82, 2.24) is 25.6 Å². The highest BCUT2D eigenvalue weighted by Crippen LogP contribution is 2.25. The van der Waals surface area contributed by atoms with Crippen LogP contribution in [0, 0.1) is 0 Å². The van der Waals surface area contributed by atoms with Crippen LogP contribution in [0.3, 0.4) is 0 Å². The van der Waals surface area contributed by atoms with Crippen molar-refractivity contribution in [2.75, 3.05) is 0 Å². The van der Waals surface area contributed by atoms with Gasteiger partial charge in [-0.05, 0) is 29.1 Å². The number of amides is 2. The summed E-state index contributed by atoms with van der Waals surface area (Å²) in [5.41, 5.74) is 6.43. The molecule has 0 saturated heterocycles. The van der Waals surface area contributed by atoms with Crippen LogP contribution in [0.5, 0.6) is 0 Å². The number of para-hydroxylation sites is 1. The third-order valence-electron chi connectivity index (χ3n) is 4.08. The van der Waals surface area contributed by atoms with Crippen molar-refractivity contribution in [3.8, 4) is 16.4 Å². The summed E-state index contributed by atoms with van der Waals surface area (Å²) in [4.78, 5) is 29.8. The topological polar surface area (TPSA) is 88.9 Å². The van der Waals surface area contributed by atoms with Crippen LogP contribution in [0.4, 0.5) is 0 Å². The maximum absolute atomic E-state index is 12.5. The summed E-state index contributed by atoms with van der Waals surface area (Å²) >= 11 is 1.50. The Morgan fingerprint density at radius 2 is 1.62 bits per heavy atom. The lowest BCUT2D eigenvalue weighted by atomic mass is 10.1. The van der Waals surface area contributed by atoms with Gasteiger partial charge in [-0.1, -0.05) is 54.6 Å². The quantitative estimate of drug-likeness (QED) is 0.502. The fourth-order valence-corrected chi connectivity index (χ4v) is 3.43. The van der Waals surface area contributed by atoms with Crippen LogP contribution in [0.15, 0.2) is 78.2 Å². The van der Waals surface area contributed by atoms with E-state index in [2.05, 4.69) is 20.9 Å². The molecule has 4 aromatic rings. The van der Waals surface area contributed by atoms with Gasteiger partial charge in [0.05, 0.1) is 17.0 Å². The van der Waals surface area contributed by atoms with Crippen molar-refractivity contribution < 1.29 is 9.59 Å². The first-order valence-corrected chi connectivity index (χ1v) is 9.78. The molecule has 0 fully saturated rings. The summed E-state index contributed by atoms with van der Waals surface area (Å²) in [6, 6.07) is 22.5. The summed E-state index contributed by atoms with van der Waals surface area (Å²) in [5, 5.41) is 6.28. The van der Waals surface area contributed by atoms with Crippen molar-refractivity contribution in [3.63, 3.8) is 0 Å². The Balaban J connectivity index is 1.51. The lowest BCUT2D eigenvalue weighted by Gasteiger charge is -2.05. The maximum atomic E-state index is 12.5. The second-order valence-electron chi connectivity index (χ2n) is 6.15. The number of hydrogen-bond donors (Lipinski definition) is 2. The summed E-state index contributed by atoms with van der Waals surface area (Å²) < 4.78 is 1.62. The smallest absolute Gasteiger partial charge is 0.273 e. The molecule has 8 heteroatoms. The molecule has 0 unspecified atom stereocenters. The number of hydrazine groups is 1. The summed E-state index contributed by atoms with van der Waals surface area (Å²) in [5.74, 6) is -0.381. The zero-order valence-corrected chi connectivity index (χ0v) is 16.1. The lowest BCUT2D eigenvalue weighted by Crippen LogP contribution is -2.42. The van der Waals surface area contributed by atoms with E-state index in [9.17, 15) is 9.59 Å². The molecule has 7 nitrogen and oxygen atoms in total. The number of nitrogens with zero attached hydrogens (tertiary/aromatic N) is 3. The monoisotopic (exact) mass is 403 g/mol. The van der Waals surface area contributed by atoms with Gasteiger partial charge in [0, 0.05) is 0 Å². The molecule has 0 saturated carbocycles. The molecule has 2 heterocycles. The number of thiophene rings is 1. The van der Waals surface area contributed by atoms with E-state index in [-0.39, 0.29) is 18.2 Å². The molecule has 2 N–H and O–H groups in total. The average Bonchev–Trinajstić information content (AvgIpc) is 3.43. The summed E-state index contributed by atoms with van der Waals surface area (Å²) in [6.07, 6.45) is 0.160. The fraction of sp³-hybridized carbons (Fsp3) is 0.0476. The third-order valence-corrected chi connectivity index (χ3v) is 4.94. The van der Waals surface area contributed by atoms with E-state index < -0.39 is 5.91 Å². The maximum Gasteiger partial charge on any atom is 0.309 e. The Morgan fingerprint density at radius 3 is 2.31 bits per heavy atom. The predicted octanol–water partition coefficient (Wildman–Crippen LogP) is 3.00. The van der Waals surface area contributed by atoms with Gasteiger partial charge in [0.15, 0.2) is 5.82 Å². The first-order valence-electron chi connectivity index (χ1n) is 8.90. The molecule has 0 radical (unpaired) electrons. The van der Waals surface area contributed by atoms with E-state index in [1.807, 2.05) is 78.2 Å². The van der Waals surface area contributed by atoms with Gasteiger partial charge in [0.1, 0.15) is 0 Å². The third kappa shape index (κ3) is 4.39. The van der Waals surface area contributed by atoms with Crippen LogP contribution in [0.2, 0.25) is 0 Å². The van der Waals surface area contributed by atoms with Crippen molar-refractivity contribution in [2.24, 2.45) is 0 Å². The molecule has 0 aliphatic heterocycles. The number of hydrogen-bond acceptors (Lipinski definition) is 5. The fourth-order valence-electron chi connectivity index (χ4n) is 2.73. The second kappa shape index (κ2) is 8.49. The number of carbonyl (C=O) groups excluding carboxylic acids is 2. The van der Waals surface area contributed by atoms with Gasteiger partial charge in [0.25, 0.3) is 0 Å². The second-order valence-corrected chi connectivity index (χ2v) is 7.10. The molecule has 0 atom stereocenters. The number of rotatable bonds is 5. The summed E-state index contributed by atoms with van der Waals surface area (Å²) in [7, 11) is 0. The van der Waals surface area contributed by atoms with Gasteiger partial charge >= 0.3 is 5.91 Å².